The lowest BCUT2D eigenvalue weighted by Gasteiger charge is -2.19. The van der Waals surface area contributed by atoms with Gasteiger partial charge in [-0.1, -0.05) is 13.8 Å². The summed E-state index contributed by atoms with van der Waals surface area (Å²) >= 11 is 0. The molecule has 0 amide bonds. The van der Waals surface area contributed by atoms with Crippen molar-refractivity contribution in [1.82, 2.24) is 0 Å². The van der Waals surface area contributed by atoms with E-state index in [1.54, 1.807) is 6.92 Å². The lowest BCUT2D eigenvalue weighted by atomic mass is 10.0. The average molecular weight is 146 g/mol. The molecule has 1 aliphatic rings. The largest absolute Gasteiger partial charge is 0.390 e. The molecular weight excluding hydrogens is 128 g/mol. The maximum Gasteiger partial charge on any atom is 0.0877 e. The van der Waals surface area contributed by atoms with E-state index >= 15 is 0 Å². The van der Waals surface area contributed by atoms with E-state index in [1.807, 2.05) is 13.8 Å². The fraction of sp³-hybridized carbons (Fsp3) is 1.00. The fourth-order valence-electron chi connectivity index (χ4n) is 1.13. The summed E-state index contributed by atoms with van der Waals surface area (Å²) in [7, 11) is 0. The highest BCUT2D eigenvalue weighted by atomic mass is 16.3. The highest BCUT2D eigenvalue weighted by molar-refractivity contribution is 4.87. The molecule has 0 spiro atoms. The Balaban J connectivity index is 0.000000371. The molecule has 0 aromatic rings. The average Bonchev–Trinajstić information content (AvgIpc) is 2.17. The predicted molar refractivity (Wildman–Crippen MR) is 41.8 cm³/mol. The van der Waals surface area contributed by atoms with Gasteiger partial charge in [0.2, 0.25) is 0 Å². The third kappa shape index (κ3) is 2.27. The number of hydrogen-bond acceptors (Lipinski definition) is 2. The summed E-state index contributed by atoms with van der Waals surface area (Å²) in [6.07, 6.45) is 1.97. The van der Waals surface area contributed by atoms with Crippen LogP contribution in [0.3, 0.4) is 0 Å². The van der Waals surface area contributed by atoms with Crippen LogP contribution >= 0.6 is 0 Å². The topological polar surface area (TPSA) is 40.5 Å². The molecule has 0 saturated heterocycles. The molecule has 0 bridgehead atoms. The Bertz CT molecular complexity index is 89.3. The monoisotopic (exact) mass is 146 g/mol. The van der Waals surface area contributed by atoms with Crippen molar-refractivity contribution in [3.63, 3.8) is 0 Å². The van der Waals surface area contributed by atoms with Crippen molar-refractivity contribution in [2.24, 2.45) is 0 Å². The minimum Gasteiger partial charge on any atom is -0.390 e. The highest BCUT2D eigenvalue weighted by Gasteiger charge is 2.34. The Kier molecular flexibility index (Phi) is 3.91. The molecule has 2 atom stereocenters. The van der Waals surface area contributed by atoms with Gasteiger partial charge in [-0.25, -0.2) is 0 Å². The maximum atomic E-state index is 9.21. The van der Waals surface area contributed by atoms with Crippen LogP contribution in [0.25, 0.3) is 0 Å². The Hall–Kier alpha value is -0.0800. The number of aliphatic hydroxyl groups is 2. The summed E-state index contributed by atoms with van der Waals surface area (Å²) in [5.74, 6) is 0. The van der Waals surface area contributed by atoms with Crippen LogP contribution in [0, 0.1) is 0 Å². The molecule has 62 valence electrons. The maximum absolute atomic E-state index is 9.21. The van der Waals surface area contributed by atoms with Crippen LogP contribution in [0.5, 0.6) is 0 Å². The summed E-state index contributed by atoms with van der Waals surface area (Å²) < 4.78 is 0. The molecule has 2 nitrogen and oxygen atoms in total. The van der Waals surface area contributed by atoms with Gasteiger partial charge in [-0.3, -0.25) is 0 Å². The van der Waals surface area contributed by atoms with Gasteiger partial charge in [0.1, 0.15) is 0 Å². The van der Waals surface area contributed by atoms with Crippen LogP contribution in [0.2, 0.25) is 0 Å². The van der Waals surface area contributed by atoms with Crippen molar-refractivity contribution in [1.29, 1.82) is 0 Å². The van der Waals surface area contributed by atoms with Gasteiger partial charge in [0, 0.05) is 0 Å². The predicted octanol–water partition coefficient (Wildman–Crippen LogP) is 1.31. The summed E-state index contributed by atoms with van der Waals surface area (Å²) in [5.41, 5.74) is -0.792. The molecule has 1 fully saturated rings. The minimum atomic E-state index is -0.792. The minimum absolute atomic E-state index is 0.484. The molecule has 1 saturated carbocycles. The first-order chi connectivity index (χ1) is 4.63. The van der Waals surface area contributed by atoms with E-state index in [4.69, 9.17) is 5.11 Å². The first-order valence-corrected chi connectivity index (χ1v) is 4.03. The quantitative estimate of drug-likeness (QED) is 0.541. The van der Waals surface area contributed by atoms with Crippen LogP contribution in [-0.4, -0.2) is 21.9 Å². The third-order valence-corrected chi connectivity index (χ3v) is 1.88. The molecule has 0 radical (unpaired) electrons. The zero-order valence-electron chi connectivity index (χ0n) is 7.09. The van der Waals surface area contributed by atoms with Gasteiger partial charge >= 0.3 is 0 Å². The third-order valence-electron chi connectivity index (χ3n) is 1.88. The molecule has 0 aromatic carbocycles. The van der Waals surface area contributed by atoms with E-state index in [0.29, 0.717) is 0 Å². The first kappa shape index (κ1) is 9.92. The van der Waals surface area contributed by atoms with E-state index in [2.05, 4.69) is 0 Å². The van der Waals surface area contributed by atoms with E-state index in [-0.39, 0.29) is 0 Å². The molecule has 2 N–H and O–H groups in total. The molecule has 2 heteroatoms. The Morgan fingerprint density at radius 2 is 1.90 bits per heavy atom. The van der Waals surface area contributed by atoms with Crippen LogP contribution in [0.1, 0.15) is 40.0 Å². The van der Waals surface area contributed by atoms with Gasteiger partial charge in [0.05, 0.1) is 11.7 Å². The summed E-state index contributed by atoms with van der Waals surface area (Å²) in [5, 5.41) is 18.2. The van der Waals surface area contributed by atoms with Crippen LogP contribution in [-0.2, 0) is 0 Å². The standard InChI is InChI=1S/C6H12O2.C2H6/c1-6(8)4-2-3-5(6)7;1-2/h5,7-8H,2-4H2,1H3;1-2H3. The molecule has 0 heterocycles. The molecule has 10 heavy (non-hydrogen) atoms. The van der Waals surface area contributed by atoms with Crippen molar-refractivity contribution in [2.75, 3.05) is 0 Å². The molecule has 1 rings (SSSR count). The molecule has 1 aliphatic carbocycles. The first-order valence-electron chi connectivity index (χ1n) is 4.03. The summed E-state index contributed by atoms with van der Waals surface area (Å²) in [4.78, 5) is 0. The number of aliphatic hydroxyl groups excluding tert-OH is 1. The normalized spacial score (nSPS) is 38.7. The second-order valence-corrected chi connectivity index (χ2v) is 2.77. The molecule has 2 unspecified atom stereocenters. The molecular formula is C8H18O2. The van der Waals surface area contributed by atoms with Crippen molar-refractivity contribution in [3.8, 4) is 0 Å². The highest BCUT2D eigenvalue weighted by Crippen LogP contribution is 2.28. The van der Waals surface area contributed by atoms with Gasteiger partial charge in [-0.2, -0.15) is 0 Å². The zero-order chi connectivity index (χ0) is 8.20. The smallest absolute Gasteiger partial charge is 0.0877 e. The summed E-state index contributed by atoms with van der Waals surface area (Å²) in [6, 6.07) is 0. The SMILES string of the molecule is CC.CC1(O)CCCC1O. The van der Waals surface area contributed by atoms with Gasteiger partial charge < -0.3 is 10.2 Å². The number of rotatable bonds is 0. The van der Waals surface area contributed by atoms with E-state index in [9.17, 15) is 5.11 Å². The van der Waals surface area contributed by atoms with Crippen LogP contribution in [0.15, 0.2) is 0 Å². The van der Waals surface area contributed by atoms with Gasteiger partial charge in [0.25, 0.3) is 0 Å². The lowest BCUT2D eigenvalue weighted by molar-refractivity contribution is -0.0382. The fourth-order valence-corrected chi connectivity index (χ4v) is 1.13. The van der Waals surface area contributed by atoms with Crippen molar-refractivity contribution in [2.45, 2.75) is 51.7 Å². The van der Waals surface area contributed by atoms with Crippen LogP contribution < -0.4 is 0 Å². The second-order valence-electron chi connectivity index (χ2n) is 2.77. The number of hydrogen-bond donors (Lipinski definition) is 2. The molecule has 0 aromatic heterocycles. The Morgan fingerprint density at radius 3 is 2.00 bits per heavy atom. The van der Waals surface area contributed by atoms with Gasteiger partial charge in [0.15, 0.2) is 0 Å². The zero-order valence-corrected chi connectivity index (χ0v) is 7.09. The van der Waals surface area contributed by atoms with Crippen molar-refractivity contribution < 1.29 is 10.2 Å². The second kappa shape index (κ2) is 3.94. The van der Waals surface area contributed by atoms with Gasteiger partial charge in [-0.05, 0) is 26.2 Å². The van der Waals surface area contributed by atoms with Crippen LogP contribution in [0.4, 0.5) is 0 Å². The van der Waals surface area contributed by atoms with E-state index in [0.717, 1.165) is 19.3 Å². The Labute approximate surface area is 62.9 Å². The van der Waals surface area contributed by atoms with E-state index < -0.39 is 11.7 Å². The van der Waals surface area contributed by atoms with Crippen molar-refractivity contribution >= 4 is 0 Å². The Morgan fingerprint density at radius 1 is 1.40 bits per heavy atom. The van der Waals surface area contributed by atoms with Gasteiger partial charge in [-0.15, -0.1) is 0 Å². The van der Waals surface area contributed by atoms with Crippen molar-refractivity contribution in [3.05, 3.63) is 0 Å². The molecule has 0 aliphatic heterocycles. The summed E-state index contributed by atoms with van der Waals surface area (Å²) in [6.45, 7) is 5.69. The lowest BCUT2D eigenvalue weighted by Crippen LogP contribution is -2.32. The van der Waals surface area contributed by atoms with E-state index in [1.165, 1.54) is 0 Å².